The van der Waals surface area contributed by atoms with Gasteiger partial charge in [0.15, 0.2) is 9.84 Å². The first-order valence-corrected chi connectivity index (χ1v) is 11.9. The molecule has 0 saturated carbocycles. The van der Waals surface area contributed by atoms with Crippen molar-refractivity contribution in [3.63, 3.8) is 0 Å². The molecule has 0 spiro atoms. The first-order chi connectivity index (χ1) is 11.9. The van der Waals surface area contributed by atoms with Gasteiger partial charge in [-0.2, -0.15) is 5.10 Å². The second-order valence-corrected chi connectivity index (χ2v) is 10.8. The molecule has 0 radical (unpaired) electrons. The number of carbonyl (C=O) groups excluding carboxylic acids is 1. The molecule has 0 aliphatic carbocycles. The van der Waals surface area contributed by atoms with Crippen LogP contribution >= 0.6 is 23.1 Å². The Balaban J connectivity index is 1.76. The molecule has 0 bridgehead atoms. The van der Waals surface area contributed by atoms with Gasteiger partial charge in [-0.1, -0.05) is 0 Å². The Labute approximate surface area is 154 Å². The van der Waals surface area contributed by atoms with Crippen LogP contribution in [-0.4, -0.2) is 41.4 Å². The Morgan fingerprint density at radius 1 is 1.36 bits per heavy atom. The second-order valence-electron chi connectivity index (χ2n) is 6.52. The molecule has 2 aromatic rings. The Morgan fingerprint density at radius 3 is 2.88 bits per heavy atom. The van der Waals surface area contributed by atoms with Gasteiger partial charge in [0.2, 0.25) is 5.91 Å². The molecule has 1 fully saturated rings. The van der Waals surface area contributed by atoms with Crippen LogP contribution < -0.4 is 5.32 Å². The molecule has 2 aliphatic rings. The molecule has 1 amide bonds. The van der Waals surface area contributed by atoms with E-state index in [1.165, 1.54) is 0 Å². The second kappa shape index (κ2) is 6.14. The van der Waals surface area contributed by atoms with Crippen molar-refractivity contribution in [2.75, 3.05) is 22.6 Å². The van der Waals surface area contributed by atoms with Crippen LogP contribution in [0.15, 0.2) is 11.4 Å². The first kappa shape index (κ1) is 17.1. The van der Waals surface area contributed by atoms with Crippen LogP contribution in [0.4, 0.5) is 5.69 Å². The van der Waals surface area contributed by atoms with Crippen LogP contribution in [0.5, 0.6) is 0 Å². The average Bonchev–Trinajstić information content (AvgIpc) is 3.18. The van der Waals surface area contributed by atoms with Crippen molar-refractivity contribution in [2.24, 2.45) is 0 Å². The largest absolute Gasteiger partial charge is 0.324 e. The number of amides is 1. The normalized spacial score (nSPS) is 25.4. The van der Waals surface area contributed by atoms with Gasteiger partial charge in [0.1, 0.15) is 0 Å². The topological polar surface area (TPSA) is 81.1 Å². The Morgan fingerprint density at radius 2 is 2.16 bits per heavy atom. The van der Waals surface area contributed by atoms with Gasteiger partial charge in [-0.25, -0.2) is 8.42 Å². The quantitative estimate of drug-likeness (QED) is 0.843. The maximum atomic E-state index is 12.0. The monoisotopic (exact) mass is 397 g/mol. The lowest BCUT2D eigenvalue weighted by Gasteiger charge is -2.16. The molecule has 0 aromatic carbocycles. The summed E-state index contributed by atoms with van der Waals surface area (Å²) in [5.41, 5.74) is 3.90. The van der Waals surface area contributed by atoms with Gasteiger partial charge in [-0.3, -0.25) is 9.48 Å². The number of aryl methyl sites for hydroxylation is 1. The van der Waals surface area contributed by atoms with E-state index in [2.05, 4.69) is 10.4 Å². The van der Waals surface area contributed by atoms with Crippen LogP contribution in [0, 0.1) is 13.8 Å². The molecule has 1 N–H and O–H groups in total. The number of thiophene rings is 1. The third-order valence-electron chi connectivity index (χ3n) is 4.79. The highest BCUT2D eigenvalue weighted by atomic mass is 32.2. The lowest BCUT2D eigenvalue weighted by molar-refractivity contribution is -0.113. The Kier molecular flexibility index (Phi) is 4.20. The van der Waals surface area contributed by atoms with Gasteiger partial charge in [-0.05, 0) is 31.7 Å². The van der Waals surface area contributed by atoms with Crippen molar-refractivity contribution < 1.29 is 13.2 Å². The summed E-state index contributed by atoms with van der Waals surface area (Å²) < 4.78 is 25.6. The minimum absolute atomic E-state index is 0.0109. The summed E-state index contributed by atoms with van der Waals surface area (Å²) in [6.45, 7) is 3.98. The highest BCUT2D eigenvalue weighted by Gasteiger charge is 2.34. The zero-order valence-corrected chi connectivity index (χ0v) is 16.4. The summed E-state index contributed by atoms with van der Waals surface area (Å²) in [4.78, 5) is 13.1. The molecule has 2 aliphatic heterocycles. The number of sulfone groups is 1. The first-order valence-electron chi connectivity index (χ1n) is 8.10. The van der Waals surface area contributed by atoms with E-state index in [1.54, 1.807) is 23.1 Å². The van der Waals surface area contributed by atoms with E-state index in [4.69, 9.17) is 0 Å². The van der Waals surface area contributed by atoms with Gasteiger partial charge in [0.05, 0.1) is 39.9 Å². The van der Waals surface area contributed by atoms with Crippen LogP contribution in [0.25, 0.3) is 0 Å². The molecule has 4 heterocycles. The lowest BCUT2D eigenvalue weighted by atomic mass is 10.1. The predicted molar refractivity (Wildman–Crippen MR) is 101 cm³/mol. The number of hydrogen-bond donors (Lipinski definition) is 1. The fraction of sp³-hybridized carbons (Fsp3) is 0.500. The third kappa shape index (κ3) is 3.02. The Hall–Kier alpha value is -1.32. The van der Waals surface area contributed by atoms with Gasteiger partial charge in [0.25, 0.3) is 0 Å². The van der Waals surface area contributed by atoms with Crippen molar-refractivity contribution >= 4 is 44.5 Å². The molecule has 25 heavy (non-hydrogen) atoms. The summed E-state index contributed by atoms with van der Waals surface area (Å²) in [6, 6.07) is 1.85. The minimum Gasteiger partial charge on any atom is -0.324 e. The van der Waals surface area contributed by atoms with Gasteiger partial charge >= 0.3 is 0 Å². The van der Waals surface area contributed by atoms with E-state index in [9.17, 15) is 13.2 Å². The molecule has 6 nitrogen and oxygen atoms in total. The molecule has 2 aromatic heterocycles. The van der Waals surface area contributed by atoms with Gasteiger partial charge in [0, 0.05) is 16.1 Å². The van der Waals surface area contributed by atoms with E-state index >= 15 is 0 Å². The molecular weight excluding hydrogens is 378 g/mol. The van der Waals surface area contributed by atoms with Crippen molar-refractivity contribution in [3.8, 4) is 0 Å². The number of fused-ring (bicyclic) bond motifs is 1. The number of aromatic nitrogens is 2. The van der Waals surface area contributed by atoms with Crippen LogP contribution in [0.3, 0.4) is 0 Å². The van der Waals surface area contributed by atoms with Crippen LogP contribution in [0.1, 0.15) is 39.5 Å². The highest BCUT2D eigenvalue weighted by Crippen LogP contribution is 2.46. The van der Waals surface area contributed by atoms with Gasteiger partial charge < -0.3 is 5.32 Å². The zero-order chi connectivity index (χ0) is 17.8. The number of carbonyl (C=O) groups is 1. The number of hydrogen-bond acceptors (Lipinski definition) is 6. The summed E-state index contributed by atoms with van der Waals surface area (Å²) in [6.07, 6.45) is 0.617. The van der Waals surface area contributed by atoms with Crippen molar-refractivity contribution in [1.82, 2.24) is 9.78 Å². The standard InChI is InChI=1S/C16H19N3O3S3/c1-9-14(10(2)19(18-9)11-4-6-25(21,22)8-11)16-15-12(3-5-23-15)17-13(20)7-24-16/h3,5,11,16H,4,6-8H2,1-2H3,(H,17,20)/t11-,16+/m0/s1. The maximum Gasteiger partial charge on any atom is 0.234 e. The third-order valence-corrected chi connectivity index (χ3v) is 8.90. The summed E-state index contributed by atoms with van der Waals surface area (Å²) >= 11 is 3.24. The van der Waals surface area contributed by atoms with E-state index in [1.807, 2.05) is 30.0 Å². The van der Waals surface area contributed by atoms with E-state index in [-0.39, 0.29) is 28.7 Å². The van der Waals surface area contributed by atoms with E-state index in [0.717, 1.165) is 27.5 Å². The van der Waals surface area contributed by atoms with Crippen LogP contribution in [0.2, 0.25) is 0 Å². The molecule has 4 rings (SSSR count). The summed E-state index contributed by atoms with van der Waals surface area (Å²) in [7, 11) is -2.96. The molecular formula is C16H19N3O3S3. The van der Waals surface area contributed by atoms with Crippen molar-refractivity contribution in [1.29, 1.82) is 0 Å². The smallest absolute Gasteiger partial charge is 0.234 e. The average molecular weight is 398 g/mol. The van der Waals surface area contributed by atoms with Crippen LogP contribution in [-0.2, 0) is 14.6 Å². The lowest BCUT2D eigenvalue weighted by Crippen LogP contribution is -2.14. The van der Waals surface area contributed by atoms with Crippen molar-refractivity contribution in [2.45, 2.75) is 31.6 Å². The highest BCUT2D eigenvalue weighted by molar-refractivity contribution is 8.00. The maximum absolute atomic E-state index is 12.0. The Bertz CT molecular complexity index is 945. The predicted octanol–water partition coefficient (Wildman–Crippen LogP) is 2.70. The van der Waals surface area contributed by atoms with Crippen molar-refractivity contribution in [3.05, 3.63) is 33.3 Å². The zero-order valence-electron chi connectivity index (χ0n) is 14.0. The fourth-order valence-electron chi connectivity index (χ4n) is 3.64. The molecule has 2 atom stereocenters. The number of rotatable bonds is 2. The molecule has 9 heteroatoms. The van der Waals surface area contributed by atoms with E-state index in [0.29, 0.717) is 12.2 Å². The van der Waals surface area contributed by atoms with E-state index < -0.39 is 9.84 Å². The van der Waals surface area contributed by atoms with Gasteiger partial charge in [-0.15, -0.1) is 23.1 Å². The molecule has 134 valence electrons. The minimum atomic E-state index is -2.96. The number of anilines is 1. The summed E-state index contributed by atoms with van der Waals surface area (Å²) in [5.74, 6) is 0.804. The number of nitrogens with one attached hydrogen (secondary N) is 1. The fourth-order valence-corrected chi connectivity index (χ4v) is 7.72. The number of nitrogens with zero attached hydrogens (tertiary/aromatic N) is 2. The number of thioether (sulfide) groups is 1. The summed E-state index contributed by atoms with van der Waals surface area (Å²) in [5, 5.41) is 9.67. The SMILES string of the molecule is Cc1nn([C@H]2CCS(=O)(=O)C2)c(C)c1[C@H]1SCC(=O)Nc2ccsc21. The molecule has 1 saturated heterocycles. The molecule has 0 unspecified atom stereocenters.